The fourth-order valence-electron chi connectivity index (χ4n) is 1.79. The third-order valence-corrected chi connectivity index (χ3v) is 4.54. The zero-order valence-electron chi connectivity index (χ0n) is 12.3. The summed E-state index contributed by atoms with van der Waals surface area (Å²) in [5.74, 6) is -1.27. The van der Waals surface area contributed by atoms with Crippen molar-refractivity contribution in [2.24, 2.45) is 0 Å². The predicted octanol–water partition coefficient (Wildman–Crippen LogP) is 3.44. The number of hydrogen-bond acceptors (Lipinski definition) is 6. The van der Waals surface area contributed by atoms with Gasteiger partial charge in [-0.05, 0) is 37.0 Å². The van der Waals surface area contributed by atoms with Crippen molar-refractivity contribution in [1.82, 2.24) is 4.37 Å². The number of amides is 1. The van der Waals surface area contributed by atoms with Crippen LogP contribution in [0.5, 0.6) is 0 Å². The van der Waals surface area contributed by atoms with Crippen molar-refractivity contribution in [3.05, 3.63) is 39.0 Å². The first kappa shape index (κ1) is 17.5. The zero-order chi connectivity index (χ0) is 17.1. The van der Waals surface area contributed by atoms with Gasteiger partial charge < -0.3 is 15.8 Å². The molecule has 9 heteroatoms. The summed E-state index contributed by atoms with van der Waals surface area (Å²) in [7, 11) is 0. The van der Waals surface area contributed by atoms with Gasteiger partial charge in [-0.15, -0.1) is 0 Å². The molecule has 122 valence electrons. The van der Waals surface area contributed by atoms with Gasteiger partial charge in [-0.25, -0.2) is 4.79 Å². The Labute approximate surface area is 146 Å². The van der Waals surface area contributed by atoms with Gasteiger partial charge in [-0.2, -0.15) is 4.37 Å². The summed E-state index contributed by atoms with van der Waals surface area (Å²) >= 11 is 13.1. The van der Waals surface area contributed by atoms with Crippen LogP contribution in [0.3, 0.4) is 0 Å². The maximum absolute atomic E-state index is 11.9. The van der Waals surface area contributed by atoms with Crippen LogP contribution in [0.4, 0.5) is 10.7 Å². The van der Waals surface area contributed by atoms with Crippen LogP contribution in [-0.2, 0) is 9.53 Å². The van der Waals surface area contributed by atoms with Gasteiger partial charge in [0.15, 0.2) is 6.61 Å². The van der Waals surface area contributed by atoms with Crippen LogP contribution in [0.1, 0.15) is 21.6 Å². The number of nitrogens with two attached hydrogens (primary N) is 1. The van der Waals surface area contributed by atoms with Crippen LogP contribution >= 0.6 is 34.7 Å². The molecule has 3 N–H and O–H groups in total. The fraction of sp³-hybridized carbons (Fsp3) is 0.214. The van der Waals surface area contributed by atoms with E-state index in [0.29, 0.717) is 15.7 Å². The topological polar surface area (TPSA) is 94.3 Å². The standard InChI is InChI=1S/C14H13Cl2N3O3S/c1-6-3-4-8(15)12(11(6)16)18-9(20)5-22-14(21)10-7(2)19-23-13(10)17/h3-4H,5,17H2,1-2H3,(H,18,20). The molecule has 0 saturated carbocycles. The Balaban J connectivity index is 2.01. The first-order chi connectivity index (χ1) is 10.8. The first-order valence-electron chi connectivity index (χ1n) is 6.44. The third-order valence-electron chi connectivity index (χ3n) is 2.98. The maximum Gasteiger partial charge on any atom is 0.343 e. The van der Waals surface area contributed by atoms with E-state index in [-0.39, 0.29) is 16.3 Å². The number of anilines is 2. The fourth-order valence-corrected chi connectivity index (χ4v) is 2.90. The van der Waals surface area contributed by atoms with Crippen molar-refractivity contribution in [1.29, 1.82) is 0 Å². The Morgan fingerprint density at radius 1 is 1.35 bits per heavy atom. The van der Waals surface area contributed by atoms with E-state index < -0.39 is 18.5 Å². The molecule has 0 fully saturated rings. The molecule has 0 aliphatic heterocycles. The van der Waals surface area contributed by atoms with Gasteiger partial charge in [0, 0.05) is 0 Å². The molecule has 1 heterocycles. The number of halogens is 2. The molecule has 0 radical (unpaired) electrons. The minimum atomic E-state index is -0.703. The number of ether oxygens (including phenoxy) is 1. The number of rotatable bonds is 4. The Morgan fingerprint density at radius 3 is 2.65 bits per heavy atom. The highest BCUT2D eigenvalue weighted by molar-refractivity contribution is 7.10. The van der Waals surface area contributed by atoms with Gasteiger partial charge in [0.2, 0.25) is 0 Å². The second-order valence-electron chi connectivity index (χ2n) is 4.68. The zero-order valence-corrected chi connectivity index (χ0v) is 14.6. The van der Waals surface area contributed by atoms with Crippen molar-refractivity contribution < 1.29 is 14.3 Å². The number of carbonyl (C=O) groups excluding carboxylic acids is 2. The molecule has 1 amide bonds. The molecule has 2 aromatic rings. The Kier molecular flexibility index (Phi) is 5.46. The Bertz CT molecular complexity index is 757. The van der Waals surface area contributed by atoms with Crippen molar-refractivity contribution >= 4 is 57.3 Å². The molecule has 0 spiro atoms. The van der Waals surface area contributed by atoms with Gasteiger partial charge in [-0.1, -0.05) is 29.3 Å². The van der Waals surface area contributed by atoms with Crippen LogP contribution in [0.15, 0.2) is 12.1 Å². The SMILES string of the molecule is Cc1ccc(Cl)c(NC(=O)COC(=O)c2c(C)nsc2N)c1Cl. The first-order valence-corrected chi connectivity index (χ1v) is 7.97. The van der Waals surface area contributed by atoms with Gasteiger partial charge in [-0.3, -0.25) is 4.79 Å². The number of benzene rings is 1. The summed E-state index contributed by atoms with van der Waals surface area (Å²) in [4.78, 5) is 23.8. The Morgan fingerprint density at radius 2 is 2.04 bits per heavy atom. The van der Waals surface area contributed by atoms with E-state index in [0.717, 1.165) is 17.1 Å². The van der Waals surface area contributed by atoms with E-state index in [1.807, 2.05) is 0 Å². The highest BCUT2D eigenvalue weighted by Gasteiger charge is 2.19. The number of nitrogens with zero attached hydrogens (tertiary/aromatic N) is 1. The molecule has 6 nitrogen and oxygen atoms in total. The van der Waals surface area contributed by atoms with Crippen LogP contribution in [-0.4, -0.2) is 22.9 Å². The number of hydrogen-bond donors (Lipinski definition) is 2. The number of esters is 1. The summed E-state index contributed by atoms with van der Waals surface area (Å²) in [5.41, 5.74) is 7.32. The van der Waals surface area contributed by atoms with Crippen molar-refractivity contribution in [3.63, 3.8) is 0 Å². The number of nitrogens with one attached hydrogen (secondary N) is 1. The summed E-state index contributed by atoms with van der Waals surface area (Å²) in [6, 6.07) is 3.35. The van der Waals surface area contributed by atoms with Crippen LogP contribution in [0.25, 0.3) is 0 Å². The molecule has 0 aliphatic carbocycles. The van der Waals surface area contributed by atoms with E-state index in [9.17, 15) is 9.59 Å². The number of aromatic nitrogens is 1. The van der Waals surface area contributed by atoms with Gasteiger partial charge in [0.1, 0.15) is 10.6 Å². The molecule has 0 aliphatic rings. The molecule has 2 rings (SSSR count). The van der Waals surface area contributed by atoms with Crippen molar-refractivity contribution in [3.8, 4) is 0 Å². The van der Waals surface area contributed by atoms with Crippen LogP contribution in [0.2, 0.25) is 10.0 Å². The summed E-state index contributed by atoms with van der Waals surface area (Å²) in [6.07, 6.45) is 0. The quantitative estimate of drug-likeness (QED) is 0.800. The van der Waals surface area contributed by atoms with E-state index in [1.54, 1.807) is 26.0 Å². The van der Waals surface area contributed by atoms with Gasteiger partial charge in [0.05, 0.1) is 21.4 Å². The van der Waals surface area contributed by atoms with E-state index in [2.05, 4.69) is 9.69 Å². The largest absolute Gasteiger partial charge is 0.452 e. The van der Waals surface area contributed by atoms with E-state index in [1.165, 1.54) is 0 Å². The van der Waals surface area contributed by atoms with Gasteiger partial charge >= 0.3 is 5.97 Å². The number of aryl methyl sites for hydroxylation is 2. The Hall–Kier alpha value is -1.83. The van der Waals surface area contributed by atoms with Crippen LogP contribution < -0.4 is 11.1 Å². The molecule has 0 unspecified atom stereocenters. The highest BCUT2D eigenvalue weighted by Crippen LogP contribution is 2.32. The number of carbonyl (C=O) groups is 2. The molecular weight excluding hydrogens is 361 g/mol. The summed E-state index contributed by atoms with van der Waals surface area (Å²) < 4.78 is 8.89. The normalized spacial score (nSPS) is 10.4. The average Bonchev–Trinajstić information content (AvgIpc) is 2.84. The smallest absolute Gasteiger partial charge is 0.343 e. The minimum absolute atomic E-state index is 0.175. The third kappa shape index (κ3) is 3.93. The maximum atomic E-state index is 11.9. The monoisotopic (exact) mass is 373 g/mol. The molecule has 0 bridgehead atoms. The molecule has 23 heavy (non-hydrogen) atoms. The molecule has 0 saturated heterocycles. The predicted molar refractivity (Wildman–Crippen MR) is 91.4 cm³/mol. The molecule has 1 aromatic carbocycles. The lowest BCUT2D eigenvalue weighted by atomic mass is 10.2. The lowest BCUT2D eigenvalue weighted by molar-refractivity contribution is -0.119. The average molecular weight is 374 g/mol. The van der Waals surface area contributed by atoms with E-state index in [4.69, 9.17) is 33.7 Å². The van der Waals surface area contributed by atoms with Crippen molar-refractivity contribution in [2.45, 2.75) is 13.8 Å². The van der Waals surface area contributed by atoms with E-state index >= 15 is 0 Å². The van der Waals surface area contributed by atoms with Crippen molar-refractivity contribution in [2.75, 3.05) is 17.7 Å². The summed E-state index contributed by atoms with van der Waals surface area (Å²) in [5, 5.41) is 3.40. The lowest BCUT2D eigenvalue weighted by Gasteiger charge is -2.11. The molecule has 1 aromatic heterocycles. The second-order valence-corrected chi connectivity index (χ2v) is 6.27. The van der Waals surface area contributed by atoms with Gasteiger partial charge in [0.25, 0.3) is 5.91 Å². The summed E-state index contributed by atoms with van der Waals surface area (Å²) in [6.45, 7) is 2.92. The minimum Gasteiger partial charge on any atom is -0.452 e. The second kappa shape index (κ2) is 7.16. The molecule has 0 atom stereocenters. The highest BCUT2D eigenvalue weighted by atomic mass is 35.5. The lowest BCUT2D eigenvalue weighted by Crippen LogP contribution is -2.21. The van der Waals surface area contributed by atoms with Crippen LogP contribution in [0, 0.1) is 13.8 Å². The number of nitrogen functional groups attached to an aromatic ring is 1. The molecular formula is C14H13Cl2N3O3S.